The van der Waals surface area contributed by atoms with Crippen LogP contribution in [0.4, 0.5) is 4.79 Å². The third-order valence-corrected chi connectivity index (χ3v) is 3.95. The summed E-state index contributed by atoms with van der Waals surface area (Å²) in [6.07, 6.45) is -0.423. The molecule has 1 aliphatic rings. The van der Waals surface area contributed by atoms with Crippen LogP contribution in [0.2, 0.25) is 15.1 Å². The molecule has 1 heterocycles. The van der Waals surface area contributed by atoms with Gasteiger partial charge in [-0.2, -0.15) is 0 Å². The molecular weight excluding hydrogens is 311 g/mol. The number of hydrogen-bond donors (Lipinski definition) is 0. The monoisotopic (exact) mass is 322 g/mol. The SMILES string of the molecule is CN1CCN(C(=O)Oc2cc(Cl)c(Cl)cc2Cl)CC1. The third kappa shape index (κ3) is 3.66. The zero-order valence-corrected chi connectivity index (χ0v) is 12.6. The van der Waals surface area contributed by atoms with E-state index in [4.69, 9.17) is 39.5 Å². The van der Waals surface area contributed by atoms with Gasteiger partial charge in [0.25, 0.3) is 0 Å². The van der Waals surface area contributed by atoms with Gasteiger partial charge in [-0.3, -0.25) is 0 Å². The molecule has 2 rings (SSSR count). The minimum atomic E-state index is -0.423. The topological polar surface area (TPSA) is 32.8 Å². The molecule has 0 bridgehead atoms. The summed E-state index contributed by atoms with van der Waals surface area (Å²) in [5.41, 5.74) is 0. The van der Waals surface area contributed by atoms with Crippen LogP contribution < -0.4 is 4.74 Å². The van der Waals surface area contributed by atoms with E-state index in [2.05, 4.69) is 4.90 Å². The van der Waals surface area contributed by atoms with Gasteiger partial charge in [0, 0.05) is 32.2 Å². The molecule has 0 unspecified atom stereocenters. The lowest BCUT2D eigenvalue weighted by Crippen LogP contribution is -2.48. The second kappa shape index (κ2) is 6.18. The first-order chi connectivity index (χ1) is 8.97. The predicted molar refractivity (Wildman–Crippen MR) is 76.6 cm³/mol. The van der Waals surface area contributed by atoms with E-state index in [0.29, 0.717) is 23.1 Å². The Labute approximate surface area is 126 Å². The average molecular weight is 324 g/mol. The average Bonchev–Trinajstić information content (AvgIpc) is 2.36. The first-order valence-corrected chi connectivity index (χ1v) is 6.90. The number of likely N-dealkylation sites (N-methyl/N-ethyl adjacent to an activating group) is 1. The van der Waals surface area contributed by atoms with Gasteiger partial charge >= 0.3 is 6.09 Å². The highest BCUT2D eigenvalue weighted by atomic mass is 35.5. The number of halogens is 3. The molecule has 1 aromatic carbocycles. The number of hydrogen-bond acceptors (Lipinski definition) is 3. The molecule has 4 nitrogen and oxygen atoms in total. The van der Waals surface area contributed by atoms with Gasteiger partial charge in [-0.15, -0.1) is 0 Å². The number of amides is 1. The van der Waals surface area contributed by atoms with E-state index in [-0.39, 0.29) is 10.8 Å². The van der Waals surface area contributed by atoms with Crippen molar-refractivity contribution in [2.75, 3.05) is 33.2 Å². The normalized spacial score (nSPS) is 16.5. The van der Waals surface area contributed by atoms with Crippen LogP contribution in [0.5, 0.6) is 5.75 Å². The zero-order valence-electron chi connectivity index (χ0n) is 10.3. The van der Waals surface area contributed by atoms with E-state index < -0.39 is 6.09 Å². The van der Waals surface area contributed by atoms with Crippen molar-refractivity contribution in [1.29, 1.82) is 0 Å². The van der Waals surface area contributed by atoms with Gasteiger partial charge in [-0.25, -0.2) is 4.79 Å². The van der Waals surface area contributed by atoms with Gasteiger partial charge in [-0.1, -0.05) is 34.8 Å². The minimum absolute atomic E-state index is 0.222. The maximum atomic E-state index is 12.0. The fourth-order valence-electron chi connectivity index (χ4n) is 1.73. The molecular formula is C12H13Cl3N2O2. The number of carbonyl (C=O) groups excluding carboxylic acids is 1. The van der Waals surface area contributed by atoms with Crippen LogP contribution in [0.25, 0.3) is 0 Å². The first kappa shape index (κ1) is 14.7. The molecule has 0 N–H and O–H groups in total. The third-order valence-electron chi connectivity index (χ3n) is 2.93. The number of rotatable bonds is 1. The number of carbonyl (C=O) groups is 1. The van der Waals surface area contributed by atoms with Crippen molar-refractivity contribution in [3.05, 3.63) is 27.2 Å². The molecule has 7 heteroatoms. The maximum absolute atomic E-state index is 12.0. The molecule has 0 aromatic heterocycles. The Balaban J connectivity index is 2.05. The van der Waals surface area contributed by atoms with Crippen LogP contribution in [-0.4, -0.2) is 49.1 Å². The molecule has 0 radical (unpaired) electrons. The molecule has 0 saturated carbocycles. The quantitative estimate of drug-likeness (QED) is 0.743. The maximum Gasteiger partial charge on any atom is 0.415 e. The standard InChI is InChI=1S/C12H13Cl3N2O2/c1-16-2-4-17(5-3-16)12(18)19-11-7-9(14)8(13)6-10(11)15/h6-7H,2-5H2,1H3. The minimum Gasteiger partial charge on any atom is -0.409 e. The van der Waals surface area contributed by atoms with E-state index in [1.165, 1.54) is 12.1 Å². The second-order valence-corrected chi connectivity index (χ2v) is 5.58. The Morgan fingerprint density at radius 1 is 1.05 bits per heavy atom. The Bertz CT molecular complexity index is 488. The van der Waals surface area contributed by atoms with E-state index in [9.17, 15) is 4.79 Å². The van der Waals surface area contributed by atoms with E-state index in [1.807, 2.05) is 7.05 Å². The van der Waals surface area contributed by atoms with Gasteiger partial charge in [0.05, 0.1) is 15.1 Å². The summed E-state index contributed by atoms with van der Waals surface area (Å²) in [5, 5.41) is 0.884. The Kier molecular flexibility index (Phi) is 4.79. The van der Waals surface area contributed by atoms with Gasteiger partial charge < -0.3 is 14.5 Å². The lowest BCUT2D eigenvalue weighted by molar-refractivity contribution is 0.120. The van der Waals surface area contributed by atoms with Gasteiger partial charge in [-0.05, 0) is 13.1 Å². The number of piperazine rings is 1. The summed E-state index contributed by atoms with van der Waals surface area (Å²) in [5.74, 6) is 0.222. The van der Waals surface area contributed by atoms with Crippen molar-refractivity contribution in [3.63, 3.8) is 0 Å². The number of ether oxygens (including phenoxy) is 1. The molecule has 1 aromatic rings. The van der Waals surface area contributed by atoms with Crippen molar-refractivity contribution in [1.82, 2.24) is 9.80 Å². The molecule has 1 saturated heterocycles. The lowest BCUT2D eigenvalue weighted by atomic mass is 10.3. The van der Waals surface area contributed by atoms with Crippen molar-refractivity contribution < 1.29 is 9.53 Å². The summed E-state index contributed by atoms with van der Waals surface area (Å²) >= 11 is 17.6. The molecule has 0 atom stereocenters. The van der Waals surface area contributed by atoms with Crippen molar-refractivity contribution >= 4 is 40.9 Å². The van der Waals surface area contributed by atoms with Gasteiger partial charge in [0.2, 0.25) is 0 Å². The van der Waals surface area contributed by atoms with Gasteiger partial charge in [0.1, 0.15) is 0 Å². The Hall–Kier alpha value is -0.680. The van der Waals surface area contributed by atoms with Crippen LogP contribution >= 0.6 is 34.8 Å². The van der Waals surface area contributed by atoms with Crippen molar-refractivity contribution in [2.24, 2.45) is 0 Å². The highest BCUT2D eigenvalue weighted by molar-refractivity contribution is 6.43. The van der Waals surface area contributed by atoms with E-state index in [0.717, 1.165) is 13.1 Å². The Morgan fingerprint density at radius 3 is 2.26 bits per heavy atom. The number of benzene rings is 1. The Morgan fingerprint density at radius 2 is 1.63 bits per heavy atom. The summed E-state index contributed by atoms with van der Waals surface area (Å²) in [7, 11) is 2.01. The molecule has 0 aliphatic carbocycles. The summed E-state index contributed by atoms with van der Waals surface area (Å²) in [6, 6.07) is 2.90. The molecule has 0 spiro atoms. The van der Waals surface area contributed by atoms with Crippen LogP contribution in [-0.2, 0) is 0 Å². The summed E-state index contributed by atoms with van der Waals surface area (Å²) < 4.78 is 5.25. The number of nitrogens with zero attached hydrogens (tertiary/aromatic N) is 2. The van der Waals surface area contributed by atoms with Crippen LogP contribution in [0.15, 0.2) is 12.1 Å². The van der Waals surface area contributed by atoms with Crippen molar-refractivity contribution in [3.8, 4) is 5.75 Å². The van der Waals surface area contributed by atoms with Crippen molar-refractivity contribution in [2.45, 2.75) is 0 Å². The smallest absolute Gasteiger partial charge is 0.409 e. The fraction of sp³-hybridized carbons (Fsp3) is 0.417. The summed E-state index contributed by atoms with van der Waals surface area (Å²) in [6.45, 7) is 2.91. The van der Waals surface area contributed by atoms with E-state index >= 15 is 0 Å². The highest BCUT2D eigenvalue weighted by Crippen LogP contribution is 2.34. The molecule has 1 amide bonds. The highest BCUT2D eigenvalue weighted by Gasteiger charge is 2.21. The van der Waals surface area contributed by atoms with E-state index in [1.54, 1.807) is 4.90 Å². The van der Waals surface area contributed by atoms with Crippen LogP contribution in [0.3, 0.4) is 0 Å². The fourth-order valence-corrected chi connectivity index (χ4v) is 2.31. The second-order valence-electron chi connectivity index (χ2n) is 4.36. The molecule has 1 fully saturated rings. The van der Waals surface area contributed by atoms with Gasteiger partial charge in [0.15, 0.2) is 5.75 Å². The van der Waals surface area contributed by atoms with Crippen LogP contribution in [0, 0.1) is 0 Å². The summed E-state index contributed by atoms with van der Waals surface area (Å²) in [4.78, 5) is 15.8. The molecule has 104 valence electrons. The lowest BCUT2D eigenvalue weighted by Gasteiger charge is -2.31. The largest absolute Gasteiger partial charge is 0.415 e. The van der Waals surface area contributed by atoms with Crippen LogP contribution in [0.1, 0.15) is 0 Å². The molecule has 19 heavy (non-hydrogen) atoms. The first-order valence-electron chi connectivity index (χ1n) is 5.77. The zero-order chi connectivity index (χ0) is 14.0. The predicted octanol–water partition coefficient (Wildman–Crippen LogP) is 3.39. The molecule has 1 aliphatic heterocycles.